The largest absolute Gasteiger partial charge is 0.305 e. The topological polar surface area (TPSA) is 6.48 Å². The molecule has 2 aliphatic rings. The van der Waals surface area contributed by atoms with Gasteiger partial charge in [-0.05, 0) is 39.8 Å². The maximum absolute atomic E-state index is 2.63. The van der Waals surface area contributed by atoms with Crippen LogP contribution in [0.4, 0.5) is 0 Å². The van der Waals surface area contributed by atoms with Gasteiger partial charge in [-0.1, -0.05) is 0 Å². The van der Waals surface area contributed by atoms with Gasteiger partial charge in [0, 0.05) is 25.2 Å². The van der Waals surface area contributed by atoms with Crippen molar-refractivity contribution in [2.45, 2.75) is 31.3 Å². The normalized spacial score (nSPS) is 32.8. The van der Waals surface area contributed by atoms with Crippen LogP contribution in [0.1, 0.15) is 19.3 Å². The SMILES string of the molecule is CN(C)[C@@H]1CCN(C2[CH]CC2)C1. The van der Waals surface area contributed by atoms with Crippen LogP contribution in [0.2, 0.25) is 0 Å². The monoisotopic (exact) mass is 167 g/mol. The molecule has 0 aromatic rings. The lowest BCUT2D eigenvalue weighted by Crippen LogP contribution is -2.41. The highest BCUT2D eigenvalue weighted by atomic mass is 15.2. The molecule has 0 spiro atoms. The molecule has 1 unspecified atom stereocenters. The molecule has 2 heteroatoms. The molecule has 1 radical (unpaired) electrons. The summed E-state index contributed by atoms with van der Waals surface area (Å²) in [5.41, 5.74) is 0. The van der Waals surface area contributed by atoms with Crippen LogP contribution < -0.4 is 0 Å². The molecule has 0 aromatic carbocycles. The average molecular weight is 167 g/mol. The van der Waals surface area contributed by atoms with Gasteiger partial charge in [-0.2, -0.15) is 0 Å². The Morgan fingerprint density at radius 3 is 2.50 bits per heavy atom. The first kappa shape index (κ1) is 8.52. The van der Waals surface area contributed by atoms with Crippen molar-refractivity contribution >= 4 is 0 Å². The number of hydrogen-bond donors (Lipinski definition) is 0. The smallest absolute Gasteiger partial charge is 0.0229 e. The van der Waals surface area contributed by atoms with E-state index in [0.717, 1.165) is 12.1 Å². The van der Waals surface area contributed by atoms with Gasteiger partial charge in [0.25, 0.3) is 0 Å². The summed E-state index contributed by atoms with van der Waals surface area (Å²) in [5, 5.41) is 0. The van der Waals surface area contributed by atoms with Crippen LogP contribution in [-0.4, -0.2) is 49.1 Å². The Hall–Kier alpha value is -0.0800. The minimum absolute atomic E-state index is 0.805. The van der Waals surface area contributed by atoms with E-state index in [9.17, 15) is 0 Å². The molecule has 0 aromatic heterocycles. The van der Waals surface area contributed by atoms with Crippen molar-refractivity contribution in [1.29, 1.82) is 0 Å². The van der Waals surface area contributed by atoms with E-state index in [0.29, 0.717) is 0 Å². The van der Waals surface area contributed by atoms with E-state index < -0.39 is 0 Å². The van der Waals surface area contributed by atoms with Crippen LogP contribution in [0.25, 0.3) is 0 Å². The molecule has 0 N–H and O–H groups in total. The summed E-state index contributed by atoms with van der Waals surface area (Å²) in [7, 11) is 4.39. The van der Waals surface area contributed by atoms with Gasteiger partial charge in [0.05, 0.1) is 0 Å². The summed E-state index contributed by atoms with van der Waals surface area (Å²) in [5.74, 6) is 0. The van der Waals surface area contributed by atoms with Gasteiger partial charge in [-0.3, -0.25) is 4.90 Å². The van der Waals surface area contributed by atoms with Crippen molar-refractivity contribution < 1.29 is 0 Å². The Balaban J connectivity index is 1.81. The second-order valence-corrected chi connectivity index (χ2v) is 4.28. The lowest BCUT2D eigenvalue weighted by atomic mass is 9.92. The first-order valence-corrected chi connectivity index (χ1v) is 5.01. The van der Waals surface area contributed by atoms with Crippen LogP contribution >= 0.6 is 0 Å². The van der Waals surface area contributed by atoms with Crippen LogP contribution in [-0.2, 0) is 0 Å². The summed E-state index contributed by atoms with van der Waals surface area (Å²) >= 11 is 0. The van der Waals surface area contributed by atoms with Crippen LogP contribution in [0.15, 0.2) is 0 Å². The van der Waals surface area contributed by atoms with Gasteiger partial charge >= 0.3 is 0 Å². The Bertz CT molecular complexity index is 152. The highest BCUT2D eigenvalue weighted by Crippen LogP contribution is 2.27. The van der Waals surface area contributed by atoms with E-state index in [1.54, 1.807) is 0 Å². The molecule has 2 rings (SSSR count). The van der Waals surface area contributed by atoms with Crippen molar-refractivity contribution in [3.05, 3.63) is 6.42 Å². The molecule has 69 valence electrons. The standard InChI is InChI=1S/C10H19N2/c1-11(2)10-6-7-12(8-10)9-4-3-5-9/h4,9-10H,3,5-8H2,1-2H3/t9?,10-/m1/s1. The third kappa shape index (κ3) is 1.50. The number of rotatable bonds is 2. The van der Waals surface area contributed by atoms with Crippen molar-refractivity contribution in [2.75, 3.05) is 27.2 Å². The summed E-state index contributed by atoms with van der Waals surface area (Å²) in [4.78, 5) is 4.99. The molecule has 2 fully saturated rings. The molecule has 0 amide bonds. The quantitative estimate of drug-likeness (QED) is 0.605. The third-order valence-electron chi connectivity index (χ3n) is 3.30. The first-order valence-electron chi connectivity index (χ1n) is 5.01. The van der Waals surface area contributed by atoms with Gasteiger partial charge < -0.3 is 4.90 Å². The van der Waals surface area contributed by atoms with Crippen molar-refractivity contribution in [3.8, 4) is 0 Å². The van der Waals surface area contributed by atoms with Crippen molar-refractivity contribution in [2.24, 2.45) is 0 Å². The molecule has 1 saturated carbocycles. The van der Waals surface area contributed by atoms with Gasteiger partial charge in [0.2, 0.25) is 0 Å². The molecule has 1 saturated heterocycles. The molecule has 0 bridgehead atoms. The van der Waals surface area contributed by atoms with Crippen molar-refractivity contribution in [1.82, 2.24) is 9.80 Å². The van der Waals surface area contributed by atoms with Gasteiger partial charge in [0.15, 0.2) is 0 Å². The van der Waals surface area contributed by atoms with E-state index in [1.165, 1.54) is 32.4 Å². The Morgan fingerprint density at radius 2 is 2.08 bits per heavy atom. The lowest BCUT2D eigenvalue weighted by Gasteiger charge is -2.34. The molecule has 12 heavy (non-hydrogen) atoms. The minimum atomic E-state index is 0.805. The molecule has 1 aliphatic carbocycles. The second kappa shape index (κ2) is 3.35. The van der Waals surface area contributed by atoms with Crippen molar-refractivity contribution in [3.63, 3.8) is 0 Å². The average Bonchev–Trinajstić information content (AvgIpc) is 2.32. The number of likely N-dealkylation sites (tertiary alicyclic amines) is 1. The van der Waals surface area contributed by atoms with Gasteiger partial charge in [-0.25, -0.2) is 0 Å². The highest BCUT2D eigenvalue weighted by molar-refractivity contribution is 4.98. The fourth-order valence-electron chi connectivity index (χ4n) is 2.14. The van der Waals surface area contributed by atoms with Crippen LogP contribution in [0, 0.1) is 6.42 Å². The van der Waals surface area contributed by atoms with Gasteiger partial charge in [-0.15, -0.1) is 0 Å². The molecule has 2 atom stereocenters. The zero-order valence-corrected chi connectivity index (χ0v) is 8.16. The fraction of sp³-hybridized carbons (Fsp3) is 0.900. The van der Waals surface area contributed by atoms with E-state index in [1.807, 2.05) is 0 Å². The lowest BCUT2D eigenvalue weighted by molar-refractivity contribution is 0.194. The second-order valence-electron chi connectivity index (χ2n) is 4.28. The third-order valence-corrected chi connectivity index (χ3v) is 3.30. The Kier molecular flexibility index (Phi) is 2.37. The van der Waals surface area contributed by atoms with Gasteiger partial charge in [0.1, 0.15) is 0 Å². The van der Waals surface area contributed by atoms with E-state index in [-0.39, 0.29) is 0 Å². The predicted molar refractivity (Wildman–Crippen MR) is 51.0 cm³/mol. The fourth-order valence-corrected chi connectivity index (χ4v) is 2.14. The molecular formula is C10H19N2. The summed E-state index contributed by atoms with van der Waals surface area (Å²) < 4.78 is 0. The number of nitrogens with zero attached hydrogens (tertiary/aromatic N) is 2. The zero-order valence-electron chi connectivity index (χ0n) is 8.16. The van der Waals surface area contributed by atoms with E-state index >= 15 is 0 Å². The maximum atomic E-state index is 2.63. The van der Waals surface area contributed by atoms with E-state index in [2.05, 4.69) is 30.3 Å². The summed E-state index contributed by atoms with van der Waals surface area (Å²) in [6, 6.07) is 1.63. The van der Waals surface area contributed by atoms with Crippen LogP contribution in [0.3, 0.4) is 0 Å². The maximum Gasteiger partial charge on any atom is 0.0229 e. The highest BCUT2D eigenvalue weighted by Gasteiger charge is 2.32. The molecule has 1 heterocycles. The molecule has 2 nitrogen and oxygen atoms in total. The summed E-state index contributed by atoms with van der Waals surface area (Å²) in [6.07, 6.45) is 6.56. The predicted octanol–water partition coefficient (Wildman–Crippen LogP) is 0.989. The zero-order chi connectivity index (χ0) is 8.55. The number of hydrogen-bond acceptors (Lipinski definition) is 2. The summed E-state index contributed by atoms with van der Waals surface area (Å²) in [6.45, 7) is 2.60. The Labute approximate surface area is 75.5 Å². The number of likely N-dealkylation sites (N-methyl/N-ethyl adjacent to an activating group) is 1. The minimum Gasteiger partial charge on any atom is -0.305 e. The van der Waals surface area contributed by atoms with Crippen LogP contribution in [0.5, 0.6) is 0 Å². The molecular weight excluding hydrogens is 148 g/mol. The molecule has 1 aliphatic heterocycles. The first-order chi connectivity index (χ1) is 5.77. The van der Waals surface area contributed by atoms with E-state index in [4.69, 9.17) is 0 Å². The Morgan fingerprint density at radius 1 is 1.33 bits per heavy atom.